The SMILES string of the molecule is CCCCCCCCCCCCCCCCCCCCCC(=O)OCCCCCCCCCCCCCC/C=C\CCCCCCCCCCCCC(=O)NC(CO)C(O)CCCCCCCCCCC. The Morgan fingerprint density at radius 1 is 0.380 bits per heavy atom. The number of aliphatic hydroxyl groups is 2. The zero-order chi connectivity index (χ0) is 51.4. The molecule has 0 heterocycles. The topological polar surface area (TPSA) is 95.9 Å². The molecule has 0 fully saturated rings. The number of carbonyl (C=O) groups excluding carboxylic acids is 2. The van der Waals surface area contributed by atoms with Crippen molar-refractivity contribution in [3.8, 4) is 0 Å². The Bertz CT molecular complexity index is 1060. The summed E-state index contributed by atoms with van der Waals surface area (Å²) in [4.78, 5) is 24.5. The number of allylic oxidation sites excluding steroid dienone is 2. The predicted molar refractivity (Wildman–Crippen MR) is 310 cm³/mol. The molecule has 422 valence electrons. The van der Waals surface area contributed by atoms with Gasteiger partial charge in [0.2, 0.25) is 5.91 Å². The van der Waals surface area contributed by atoms with Gasteiger partial charge in [-0.2, -0.15) is 0 Å². The highest BCUT2D eigenvalue weighted by Crippen LogP contribution is 2.18. The molecule has 0 aromatic carbocycles. The molecule has 6 heteroatoms. The summed E-state index contributed by atoms with van der Waals surface area (Å²) in [7, 11) is 0. The standard InChI is InChI=1S/C65H127NO5/c1-3-5-7-9-11-13-14-15-16-17-26-30-33-36-39-43-47-51-55-59-65(70)71-60-56-52-48-44-40-37-34-31-28-25-23-21-19-18-20-22-24-27-29-32-35-38-42-46-50-54-58-64(69)66-62(61-67)63(68)57-53-49-45-41-12-10-8-6-4-2/h18,20,62-63,67-68H,3-17,19,21-61H2,1-2H3,(H,66,69)/b20-18-. The van der Waals surface area contributed by atoms with E-state index in [-0.39, 0.29) is 18.5 Å². The first-order valence-corrected chi connectivity index (χ1v) is 32.4. The Morgan fingerprint density at radius 2 is 0.662 bits per heavy atom. The minimum absolute atomic E-state index is 0.0197. The lowest BCUT2D eigenvalue weighted by atomic mass is 10.0. The minimum atomic E-state index is -0.662. The van der Waals surface area contributed by atoms with Gasteiger partial charge in [0.05, 0.1) is 25.4 Å². The van der Waals surface area contributed by atoms with E-state index in [0.717, 1.165) is 38.5 Å². The smallest absolute Gasteiger partial charge is 0.305 e. The summed E-state index contributed by atoms with van der Waals surface area (Å²) in [5.74, 6) is -0.0180. The van der Waals surface area contributed by atoms with Crippen LogP contribution in [-0.2, 0) is 14.3 Å². The second kappa shape index (κ2) is 61.1. The summed E-state index contributed by atoms with van der Waals surface area (Å²) in [5, 5.41) is 23.1. The Balaban J connectivity index is 3.33. The largest absolute Gasteiger partial charge is 0.466 e. The van der Waals surface area contributed by atoms with E-state index in [1.54, 1.807) is 0 Å². The van der Waals surface area contributed by atoms with Crippen LogP contribution in [0.25, 0.3) is 0 Å². The summed E-state index contributed by atoms with van der Waals surface area (Å²) in [6.07, 6.45) is 74.0. The molecule has 0 aromatic heterocycles. The number of hydrogen-bond acceptors (Lipinski definition) is 5. The van der Waals surface area contributed by atoms with Gasteiger partial charge < -0.3 is 20.3 Å². The highest BCUT2D eigenvalue weighted by molar-refractivity contribution is 5.76. The maximum Gasteiger partial charge on any atom is 0.305 e. The summed E-state index contributed by atoms with van der Waals surface area (Å²) in [6, 6.07) is -0.540. The molecule has 0 aliphatic heterocycles. The summed E-state index contributed by atoms with van der Waals surface area (Å²) in [5.41, 5.74) is 0. The average Bonchev–Trinajstić information content (AvgIpc) is 3.37. The lowest BCUT2D eigenvalue weighted by Gasteiger charge is -2.22. The van der Waals surface area contributed by atoms with Crippen LogP contribution in [0.5, 0.6) is 0 Å². The number of amides is 1. The lowest BCUT2D eigenvalue weighted by molar-refractivity contribution is -0.143. The third kappa shape index (κ3) is 57.7. The van der Waals surface area contributed by atoms with E-state index in [9.17, 15) is 19.8 Å². The van der Waals surface area contributed by atoms with E-state index < -0.39 is 12.1 Å². The van der Waals surface area contributed by atoms with Crippen LogP contribution in [0.2, 0.25) is 0 Å². The van der Waals surface area contributed by atoms with Crippen molar-refractivity contribution in [1.29, 1.82) is 0 Å². The molecule has 6 nitrogen and oxygen atoms in total. The van der Waals surface area contributed by atoms with Gasteiger partial charge >= 0.3 is 5.97 Å². The minimum Gasteiger partial charge on any atom is -0.466 e. The number of carbonyl (C=O) groups is 2. The van der Waals surface area contributed by atoms with Gasteiger partial charge in [-0.1, -0.05) is 315 Å². The van der Waals surface area contributed by atoms with E-state index in [1.807, 2.05) is 0 Å². The van der Waals surface area contributed by atoms with Crippen LogP contribution in [0, 0.1) is 0 Å². The van der Waals surface area contributed by atoms with Crippen molar-refractivity contribution in [3.63, 3.8) is 0 Å². The molecule has 0 rings (SSSR count). The zero-order valence-electron chi connectivity index (χ0n) is 48.2. The van der Waals surface area contributed by atoms with Gasteiger partial charge in [-0.3, -0.25) is 9.59 Å². The number of ether oxygens (including phenoxy) is 1. The van der Waals surface area contributed by atoms with Crippen molar-refractivity contribution >= 4 is 11.9 Å². The molecule has 3 N–H and O–H groups in total. The van der Waals surface area contributed by atoms with Crippen molar-refractivity contribution in [2.24, 2.45) is 0 Å². The summed E-state index contributed by atoms with van der Waals surface area (Å²) >= 11 is 0. The van der Waals surface area contributed by atoms with E-state index in [1.165, 1.54) is 295 Å². The number of rotatable bonds is 61. The predicted octanol–water partition coefficient (Wildman–Crippen LogP) is 20.4. The molecule has 0 aliphatic rings. The van der Waals surface area contributed by atoms with Gasteiger partial charge in [-0.25, -0.2) is 0 Å². The van der Waals surface area contributed by atoms with Gasteiger partial charge in [0.25, 0.3) is 0 Å². The maximum absolute atomic E-state index is 12.4. The number of nitrogens with one attached hydrogen (secondary N) is 1. The number of esters is 1. The van der Waals surface area contributed by atoms with Crippen molar-refractivity contribution in [3.05, 3.63) is 12.2 Å². The van der Waals surface area contributed by atoms with Crippen molar-refractivity contribution in [1.82, 2.24) is 5.32 Å². The molecule has 71 heavy (non-hydrogen) atoms. The Labute approximate surface area is 444 Å². The summed E-state index contributed by atoms with van der Waals surface area (Å²) in [6.45, 7) is 4.96. The highest BCUT2D eigenvalue weighted by atomic mass is 16.5. The lowest BCUT2D eigenvalue weighted by Crippen LogP contribution is -2.45. The molecule has 2 unspecified atom stereocenters. The summed E-state index contributed by atoms with van der Waals surface area (Å²) < 4.78 is 5.51. The molecular weight excluding hydrogens is 875 g/mol. The molecule has 0 bridgehead atoms. The highest BCUT2D eigenvalue weighted by Gasteiger charge is 2.20. The first kappa shape index (κ1) is 69.6. The monoisotopic (exact) mass is 1000 g/mol. The zero-order valence-corrected chi connectivity index (χ0v) is 48.2. The Kier molecular flexibility index (Phi) is 59.9. The van der Waals surface area contributed by atoms with Gasteiger partial charge in [0.1, 0.15) is 0 Å². The van der Waals surface area contributed by atoms with E-state index in [4.69, 9.17) is 4.74 Å². The first-order chi connectivity index (χ1) is 35.0. The van der Waals surface area contributed by atoms with E-state index in [0.29, 0.717) is 25.9 Å². The van der Waals surface area contributed by atoms with Gasteiger partial charge in [-0.05, 0) is 51.4 Å². The van der Waals surface area contributed by atoms with E-state index >= 15 is 0 Å². The fourth-order valence-corrected chi connectivity index (χ4v) is 10.3. The third-order valence-corrected chi connectivity index (χ3v) is 15.3. The number of hydrogen-bond donors (Lipinski definition) is 3. The van der Waals surface area contributed by atoms with Crippen molar-refractivity contribution < 1.29 is 24.5 Å². The molecule has 0 saturated carbocycles. The number of unbranched alkanes of at least 4 members (excludes halogenated alkanes) is 48. The normalized spacial score (nSPS) is 12.6. The molecule has 0 saturated heterocycles. The van der Waals surface area contributed by atoms with Gasteiger partial charge in [-0.15, -0.1) is 0 Å². The molecule has 2 atom stereocenters. The average molecular weight is 1000 g/mol. The van der Waals surface area contributed by atoms with Crippen LogP contribution >= 0.6 is 0 Å². The van der Waals surface area contributed by atoms with Gasteiger partial charge in [0.15, 0.2) is 0 Å². The molecule has 0 aliphatic carbocycles. The van der Waals surface area contributed by atoms with Crippen LogP contribution in [0.15, 0.2) is 12.2 Å². The fourth-order valence-electron chi connectivity index (χ4n) is 10.3. The van der Waals surface area contributed by atoms with Gasteiger partial charge in [0, 0.05) is 12.8 Å². The Hall–Kier alpha value is -1.40. The second-order valence-electron chi connectivity index (χ2n) is 22.5. The third-order valence-electron chi connectivity index (χ3n) is 15.3. The van der Waals surface area contributed by atoms with Crippen molar-refractivity contribution in [2.45, 2.75) is 379 Å². The van der Waals surface area contributed by atoms with Crippen LogP contribution in [0.3, 0.4) is 0 Å². The number of aliphatic hydroxyl groups excluding tert-OH is 2. The quantitative estimate of drug-likeness (QED) is 0.0320. The van der Waals surface area contributed by atoms with Crippen LogP contribution in [0.1, 0.15) is 367 Å². The molecule has 0 spiro atoms. The Morgan fingerprint density at radius 3 is 1.00 bits per heavy atom. The van der Waals surface area contributed by atoms with Crippen LogP contribution in [-0.4, -0.2) is 47.4 Å². The van der Waals surface area contributed by atoms with Crippen LogP contribution < -0.4 is 5.32 Å². The maximum atomic E-state index is 12.4. The second-order valence-corrected chi connectivity index (χ2v) is 22.5. The van der Waals surface area contributed by atoms with E-state index in [2.05, 4.69) is 31.3 Å². The molecule has 0 aromatic rings. The van der Waals surface area contributed by atoms with Crippen LogP contribution in [0.4, 0.5) is 0 Å². The van der Waals surface area contributed by atoms with Crippen molar-refractivity contribution in [2.75, 3.05) is 13.2 Å². The molecule has 1 amide bonds. The molecular formula is C65H127NO5. The fraction of sp³-hybridized carbons (Fsp3) is 0.938. The molecule has 0 radical (unpaired) electrons. The first-order valence-electron chi connectivity index (χ1n) is 32.4.